The monoisotopic (exact) mass is 326 g/mol. The van der Waals surface area contributed by atoms with Crippen LogP contribution in [0.25, 0.3) is 0 Å². The molecule has 0 atom stereocenters. The van der Waals surface area contributed by atoms with Crippen LogP contribution in [0.1, 0.15) is 10.4 Å². The van der Waals surface area contributed by atoms with Gasteiger partial charge in [-0.2, -0.15) is 0 Å². The quantitative estimate of drug-likeness (QED) is 0.903. The molecule has 0 radical (unpaired) electrons. The largest absolute Gasteiger partial charge is 0.325 e. The number of benzene rings is 1. The molecule has 1 heterocycles. The van der Waals surface area contributed by atoms with Gasteiger partial charge in [0.15, 0.2) is 0 Å². The maximum Gasteiger partial charge on any atom is 0.238 e. The maximum atomic E-state index is 13.0. The van der Waals surface area contributed by atoms with Gasteiger partial charge in [0.2, 0.25) is 5.91 Å². The fourth-order valence-corrected chi connectivity index (χ4v) is 3.05. The van der Waals surface area contributed by atoms with Crippen molar-refractivity contribution >= 4 is 34.5 Å². The predicted octanol–water partition coefficient (Wildman–Crippen LogP) is 3.92. The Balaban J connectivity index is 1.89. The van der Waals surface area contributed by atoms with Gasteiger partial charge in [0, 0.05) is 17.1 Å². The molecule has 0 unspecified atom stereocenters. The lowest BCUT2D eigenvalue weighted by Gasteiger charge is -2.16. The average Bonchev–Trinajstić information content (AvgIpc) is 2.79. The molecule has 1 aromatic carbocycles. The van der Waals surface area contributed by atoms with Crippen LogP contribution < -0.4 is 5.32 Å². The van der Waals surface area contributed by atoms with Crippen LogP contribution in [0.4, 0.5) is 10.1 Å². The van der Waals surface area contributed by atoms with Crippen LogP contribution in [0.3, 0.4) is 0 Å². The summed E-state index contributed by atoms with van der Waals surface area (Å²) in [6.07, 6.45) is 0. The fourth-order valence-electron chi connectivity index (χ4n) is 1.89. The first-order valence-corrected chi connectivity index (χ1v) is 7.68. The number of nitrogens with one attached hydrogen (secondary N) is 1. The molecule has 21 heavy (non-hydrogen) atoms. The van der Waals surface area contributed by atoms with Crippen molar-refractivity contribution < 1.29 is 9.18 Å². The Labute approximate surface area is 132 Å². The van der Waals surface area contributed by atoms with Crippen LogP contribution in [0, 0.1) is 12.7 Å². The second-order valence-corrected chi connectivity index (χ2v) is 6.28. The first kappa shape index (κ1) is 15.9. The van der Waals surface area contributed by atoms with Gasteiger partial charge in [0.1, 0.15) is 5.82 Å². The van der Waals surface area contributed by atoms with E-state index in [9.17, 15) is 9.18 Å². The molecule has 1 amide bonds. The van der Waals surface area contributed by atoms with E-state index in [1.165, 1.54) is 28.6 Å². The van der Waals surface area contributed by atoms with E-state index in [1.54, 1.807) is 11.3 Å². The molecule has 0 bridgehead atoms. The number of nitrogens with zero attached hydrogens (tertiary/aromatic N) is 1. The normalized spacial score (nSPS) is 10.9. The van der Waals surface area contributed by atoms with Gasteiger partial charge in [-0.25, -0.2) is 4.39 Å². The number of carbonyl (C=O) groups excluding carboxylic acids is 1. The average molecular weight is 327 g/mol. The number of likely N-dealkylation sites (N-methyl/N-ethyl adjacent to an activating group) is 1. The van der Waals surface area contributed by atoms with Crippen molar-refractivity contribution in [1.82, 2.24) is 4.90 Å². The van der Waals surface area contributed by atoms with E-state index in [4.69, 9.17) is 11.6 Å². The SMILES string of the molecule is Cc1ccsc1CN(C)CC(=O)Nc1ccc(F)c(Cl)c1. The summed E-state index contributed by atoms with van der Waals surface area (Å²) in [7, 11) is 1.89. The van der Waals surface area contributed by atoms with E-state index in [0.717, 1.165) is 6.54 Å². The third-order valence-corrected chi connectivity index (χ3v) is 4.30. The number of carbonyl (C=O) groups is 1. The zero-order valence-electron chi connectivity index (χ0n) is 11.8. The number of halogens is 2. The first-order valence-electron chi connectivity index (χ1n) is 6.42. The molecule has 2 aromatic rings. The summed E-state index contributed by atoms with van der Waals surface area (Å²) < 4.78 is 13.0. The summed E-state index contributed by atoms with van der Waals surface area (Å²) in [5.74, 6) is -0.658. The molecule has 1 N–H and O–H groups in total. The van der Waals surface area contributed by atoms with Gasteiger partial charge < -0.3 is 5.32 Å². The summed E-state index contributed by atoms with van der Waals surface area (Å²) in [4.78, 5) is 15.1. The summed E-state index contributed by atoms with van der Waals surface area (Å²) in [5.41, 5.74) is 1.73. The summed E-state index contributed by atoms with van der Waals surface area (Å²) in [6.45, 7) is 3.04. The molecule has 0 saturated carbocycles. The van der Waals surface area contributed by atoms with E-state index < -0.39 is 5.82 Å². The van der Waals surface area contributed by atoms with Gasteiger partial charge in [-0.3, -0.25) is 9.69 Å². The molecule has 0 fully saturated rings. The molecule has 0 saturated heterocycles. The Morgan fingerprint density at radius 3 is 2.81 bits per heavy atom. The Kier molecular flexibility index (Phi) is 5.33. The second-order valence-electron chi connectivity index (χ2n) is 4.88. The molecular formula is C15H16ClFN2OS. The number of hydrogen-bond acceptors (Lipinski definition) is 3. The Hall–Kier alpha value is -1.43. The second kappa shape index (κ2) is 7.02. The lowest BCUT2D eigenvalue weighted by atomic mass is 10.3. The van der Waals surface area contributed by atoms with Crippen molar-refractivity contribution in [2.24, 2.45) is 0 Å². The minimum absolute atomic E-state index is 0.00429. The number of anilines is 1. The highest BCUT2D eigenvalue weighted by atomic mass is 35.5. The highest BCUT2D eigenvalue weighted by Gasteiger charge is 2.10. The molecule has 1 aromatic heterocycles. The molecule has 0 aliphatic heterocycles. The minimum Gasteiger partial charge on any atom is -0.325 e. The van der Waals surface area contributed by atoms with Gasteiger partial charge in [-0.15, -0.1) is 11.3 Å². The minimum atomic E-state index is -0.500. The summed E-state index contributed by atoms with van der Waals surface area (Å²) in [5, 5.41) is 4.74. The topological polar surface area (TPSA) is 32.3 Å². The highest BCUT2D eigenvalue weighted by molar-refractivity contribution is 7.10. The zero-order chi connectivity index (χ0) is 15.4. The third kappa shape index (κ3) is 4.52. The third-order valence-electron chi connectivity index (χ3n) is 3.00. The Morgan fingerprint density at radius 2 is 2.19 bits per heavy atom. The zero-order valence-corrected chi connectivity index (χ0v) is 13.4. The molecule has 112 valence electrons. The van der Waals surface area contributed by atoms with E-state index in [-0.39, 0.29) is 17.5 Å². The smallest absolute Gasteiger partial charge is 0.238 e. The maximum absolute atomic E-state index is 13.0. The Bertz CT molecular complexity index is 644. The lowest BCUT2D eigenvalue weighted by molar-refractivity contribution is -0.117. The molecule has 6 heteroatoms. The summed E-state index contributed by atoms with van der Waals surface area (Å²) >= 11 is 7.36. The van der Waals surface area contributed by atoms with Crippen molar-refractivity contribution in [2.45, 2.75) is 13.5 Å². The van der Waals surface area contributed by atoms with Crippen LogP contribution in [-0.2, 0) is 11.3 Å². The van der Waals surface area contributed by atoms with Gasteiger partial charge in [-0.05, 0) is 49.2 Å². The molecule has 2 rings (SSSR count). The fraction of sp³-hybridized carbons (Fsp3) is 0.267. The van der Waals surface area contributed by atoms with E-state index in [1.807, 2.05) is 17.3 Å². The van der Waals surface area contributed by atoms with Gasteiger partial charge in [0.05, 0.1) is 11.6 Å². The van der Waals surface area contributed by atoms with Crippen molar-refractivity contribution in [2.75, 3.05) is 18.9 Å². The van der Waals surface area contributed by atoms with E-state index in [0.29, 0.717) is 5.69 Å². The van der Waals surface area contributed by atoms with Gasteiger partial charge in [0.25, 0.3) is 0 Å². The highest BCUT2D eigenvalue weighted by Crippen LogP contribution is 2.20. The standard InChI is InChI=1S/C15H16ClFN2OS/c1-10-5-6-21-14(10)8-19(2)9-15(20)18-11-3-4-13(17)12(16)7-11/h3-7H,8-9H2,1-2H3,(H,18,20). The lowest BCUT2D eigenvalue weighted by Crippen LogP contribution is -2.29. The van der Waals surface area contributed by atoms with Crippen molar-refractivity contribution in [1.29, 1.82) is 0 Å². The molecule has 0 aliphatic carbocycles. The number of amides is 1. The summed E-state index contributed by atoms with van der Waals surface area (Å²) in [6, 6.07) is 6.19. The molecule has 0 aliphatic rings. The molecule has 3 nitrogen and oxygen atoms in total. The van der Waals surface area contributed by atoms with E-state index in [2.05, 4.69) is 18.3 Å². The van der Waals surface area contributed by atoms with Gasteiger partial charge >= 0.3 is 0 Å². The first-order chi connectivity index (χ1) is 9.95. The number of aryl methyl sites for hydroxylation is 1. The van der Waals surface area contributed by atoms with Crippen molar-refractivity contribution in [3.63, 3.8) is 0 Å². The van der Waals surface area contributed by atoms with Crippen LogP contribution >= 0.6 is 22.9 Å². The number of hydrogen-bond donors (Lipinski definition) is 1. The van der Waals surface area contributed by atoms with Crippen LogP contribution in [0.5, 0.6) is 0 Å². The van der Waals surface area contributed by atoms with Crippen LogP contribution in [0.2, 0.25) is 5.02 Å². The van der Waals surface area contributed by atoms with E-state index >= 15 is 0 Å². The van der Waals surface area contributed by atoms with Crippen LogP contribution in [-0.4, -0.2) is 24.4 Å². The van der Waals surface area contributed by atoms with Crippen molar-refractivity contribution in [3.8, 4) is 0 Å². The molecule has 0 spiro atoms. The number of thiophene rings is 1. The number of rotatable bonds is 5. The predicted molar refractivity (Wildman–Crippen MR) is 85.4 cm³/mol. The van der Waals surface area contributed by atoms with Crippen LogP contribution in [0.15, 0.2) is 29.6 Å². The Morgan fingerprint density at radius 1 is 1.43 bits per heavy atom. The van der Waals surface area contributed by atoms with Crippen molar-refractivity contribution in [3.05, 3.63) is 50.9 Å². The molecular weight excluding hydrogens is 311 g/mol. The van der Waals surface area contributed by atoms with Gasteiger partial charge in [-0.1, -0.05) is 11.6 Å².